The zero-order valence-corrected chi connectivity index (χ0v) is 14.6. The van der Waals surface area contributed by atoms with E-state index in [0.29, 0.717) is 12.2 Å². The van der Waals surface area contributed by atoms with E-state index < -0.39 is 0 Å². The number of aromatic nitrogens is 1. The molecule has 1 aliphatic heterocycles. The standard InChI is InChI=1S/C18H30N4O/c1-3-21(4-2)14-11-20-18(23)17-15-16(9-10-19-17)22-12-7-5-6-8-13-22/h9-10,15H,3-8,11-14H2,1-2H3,(H,20,23). The molecule has 0 bridgehead atoms. The molecular formula is C18H30N4O. The zero-order chi connectivity index (χ0) is 16.5. The predicted molar refractivity (Wildman–Crippen MR) is 95.0 cm³/mol. The van der Waals surface area contributed by atoms with Crippen LogP contribution in [0.5, 0.6) is 0 Å². The Morgan fingerprint density at radius 3 is 2.57 bits per heavy atom. The molecule has 23 heavy (non-hydrogen) atoms. The molecule has 1 aliphatic rings. The molecule has 0 saturated carbocycles. The smallest absolute Gasteiger partial charge is 0.269 e. The number of carbonyl (C=O) groups is 1. The highest BCUT2D eigenvalue weighted by atomic mass is 16.1. The molecule has 128 valence electrons. The van der Waals surface area contributed by atoms with Crippen molar-refractivity contribution in [2.45, 2.75) is 39.5 Å². The Kier molecular flexibility index (Phi) is 7.33. The summed E-state index contributed by atoms with van der Waals surface area (Å²) in [5.41, 5.74) is 1.64. The van der Waals surface area contributed by atoms with Gasteiger partial charge in [0.25, 0.3) is 5.91 Å². The van der Waals surface area contributed by atoms with Gasteiger partial charge in [0, 0.05) is 38.1 Å². The minimum Gasteiger partial charge on any atom is -0.371 e. The molecule has 0 unspecified atom stereocenters. The Bertz CT molecular complexity index is 480. The third-order valence-corrected chi connectivity index (χ3v) is 4.56. The summed E-state index contributed by atoms with van der Waals surface area (Å²) in [6.45, 7) is 9.99. The molecule has 2 heterocycles. The lowest BCUT2D eigenvalue weighted by Gasteiger charge is -2.23. The summed E-state index contributed by atoms with van der Waals surface area (Å²) < 4.78 is 0. The Morgan fingerprint density at radius 1 is 1.22 bits per heavy atom. The Hall–Kier alpha value is -1.62. The highest BCUT2D eigenvalue weighted by molar-refractivity contribution is 5.93. The van der Waals surface area contributed by atoms with Gasteiger partial charge in [0.05, 0.1) is 0 Å². The van der Waals surface area contributed by atoms with Crippen molar-refractivity contribution in [3.05, 3.63) is 24.0 Å². The summed E-state index contributed by atoms with van der Waals surface area (Å²) in [4.78, 5) is 21.2. The summed E-state index contributed by atoms with van der Waals surface area (Å²) in [6.07, 6.45) is 6.82. The summed E-state index contributed by atoms with van der Waals surface area (Å²) in [6, 6.07) is 3.94. The van der Waals surface area contributed by atoms with E-state index in [0.717, 1.165) is 38.4 Å². The van der Waals surface area contributed by atoms with Crippen molar-refractivity contribution in [3.8, 4) is 0 Å². The van der Waals surface area contributed by atoms with E-state index in [2.05, 4.69) is 33.9 Å². The van der Waals surface area contributed by atoms with Crippen molar-refractivity contribution < 1.29 is 4.79 Å². The predicted octanol–water partition coefficient (Wildman–Crippen LogP) is 2.53. The molecule has 0 aromatic carbocycles. The van der Waals surface area contributed by atoms with Crippen molar-refractivity contribution in [1.29, 1.82) is 0 Å². The Labute approximate surface area is 140 Å². The van der Waals surface area contributed by atoms with Crippen molar-refractivity contribution >= 4 is 11.6 Å². The number of rotatable bonds is 7. The normalized spacial score (nSPS) is 15.5. The molecule has 2 rings (SSSR count). The molecule has 1 N–H and O–H groups in total. The van der Waals surface area contributed by atoms with Gasteiger partial charge < -0.3 is 15.1 Å². The van der Waals surface area contributed by atoms with Crippen LogP contribution in [-0.4, -0.2) is 55.1 Å². The molecule has 0 aliphatic carbocycles. The first kappa shape index (κ1) is 17.7. The number of pyridine rings is 1. The molecule has 0 spiro atoms. The number of nitrogens with one attached hydrogen (secondary N) is 1. The summed E-state index contributed by atoms with van der Waals surface area (Å²) in [7, 11) is 0. The van der Waals surface area contributed by atoms with E-state index in [1.165, 1.54) is 25.7 Å². The maximum absolute atomic E-state index is 12.3. The Morgan fingerprint density at radius 2 is 1.91 bits per heavy atom. The topological polar surface area (TPSA) is 48.5 Å². The Balaban J connectivity index is 1.91. The van der Waals surface area contributed by atoms with Crippen LogP contribution < -0.4 is 10.2 Å². The fraction of sp³-hybridized carbons (Fsp3) is 0.667. The molecule has 5 nitrogen and oxygen atoms in total. The molecular weight excluding hydrogens is 288 g/mol. The van der Waals surface area contributed by atoms with Crippen LogP contribution in [0.3, 0.4) is 0 Å². The van der Waals surface area contributed by atoms with Crippen LogP contribution in [0, 0.1) is 0 Å². The average Bonchev–Trinajstić information content (AvgIpc) is 2.88. The van der Waals surface area contributed by atoms with Crippen molar-refractivity contribution in [1.82, 2.24) is 15.2 Å². The second-order valence-electron chi connectivity index (χ2n) is 6.08. The highest BCUT2D eigenvalue weighted by Gasteiger charge is 2.13. The maximum Gasteiger partial charge on any atom is 0.269 e. The molecule has 1 aromatic heterocycles. The molecule has 1 fully saturated rings. The third-order valence-electron chi connectivity index (χ3n) is 4.56. The van der Waals surface area contributed by atoms with Gasteiger partial charge in [-0.3, -0.25) is 9.78 Å². The molecule has 0 radical (unpaired) electrons. The van der Waals surface area contributed by atoms with Crippen LogP contribution in [-0.2, 0) is 0 Å². The molecule has 0 atom stereocenters. The minimum absolute atomic E-state index is 0.0752. The number of amides is 1. The largest absolute Gasteiger partial charge is 0.371 e. The van der Waals surface area contributed by atoms with Crippen molar-refractivity contribution in [3.63, 3.8) is 0 Å². The monoisotopic (exact) mass is 318 g/mol. The lowest BCUT2D eigenvalue weighted by atomic mass is 10.2. The van der Waals surface area contributed by atoms with Gasteiger partial charge in [-0.25, -0.2) is 0 Å². The van der Waals surface area contributed by atoms with Gasteiger partial charge in [-0.2, -0.15) is 0 Å². The van der Waals surface area contributed by atoms with Gasteiger partial charge in [-0.1, -0.05) is 26.7 Å². The van der Waals surface area contributed by atoms with Crippen LogP contribution in [0.25, 0.3) is 0 Å². The van der Waals surface area contributed by atoms with E-state index >= 15 is 0 Å². The van der Waals surface area contributed by atoms with Crippen molar-refractivity contribution in [2.24, 2.45) is 0 Å². The molecule has 1 saturated heterocycles. The van der Waals surface area contributed by atoms with E-state index in [4.69, 9.17) is 0 Å². The number of hydrogen-bond donors (Lipinski definition) is 1. The number of nitrogens with zero attached hydrogens (tertiary/aromatic N) is 3. The minimum atomic E-state index is -0.0752. The molecule has 5 heteroatoms. The van der Waals surface area contributed by atoms with Crippen LogP contribution in [0.4, 0.5) is 5.69 Å². The maximum atomic E-state index is 12.3. The zero-order valence-electron chi connectivity index (χ0n) is 14.6. The highest BCUT2D eigenvalue weighted by Crippen LogP contribution is 2.19. The van der Waals surface area contributed by atoms with Gasteiger partial charge in [-0.15, -0.1) is 0 Å². The SMILES string of the molecule is CCN(CC)CCNC(=O)c1cc(N2CCCCCC2)ccn1. The fourth-order valence-electron chi connectivity index (χ4n) is 3.03. The fourth-order valence-corrected chi connectivity index (χ4v) is 3.03. The summed E-state index contributed by atoms with van der Waals surface area (Å²) in [5, 5.41) is 2.98. The quantitative estimate of drug-likeness (QED) is 0.839. The molecule has 1 aromatic rings. The summed E-state index contributed by atoms with van der Waals surface area (Å²) >= 11 is 0. The lowest BCUT2D eigenvalue weighted by Crippen LogP contribution is -2.35. The van der Waals surface area contributed by atoms with Crippen LogP contribution in [0.15, 0.2) is 18.3 Å². The van der Waals surface area contributed by atoms with Crippen LogP contribution in [0.1, 0.15) is 50.0 Å². The van der Waals surface area contributed by atoms with Crippen LogP contribution >= 0.6 is 0 Å². The van der Waals surface area contributed by atoms with Gasteiger partial charge >= 0.3 is 0 Å². The van der Waals surface area contributed by atoms with Gasteiger partial charge in [0.15, 0.2) is 0 Å². The van der Waals surface area contributed by atoms with Crippen LogP contribution in [0.2, 0.25) is 0 Å². The van der Waals surface area contributed by atoms with Gasteiger partial charge in [-0.05, 0) is 38.1 Å². The lowest BCUT2D eigenvalue weighted by molar-refractivity contribution is 0.0944. The average molecular weight is 318 g/mol. The number of hydrogen-bond acceptors (Lipinski definition) is 4. The third kappa shape index (κ3) is 5.50. The number of carbonyl (C=O) groups excluding carboxylic acids is 1. The van der Waals surface area contributed by atoms with Gasteiger partial charge in [0.2, 0.25) is 0 Å². The summed E-state index contributed by atoms with van der Waals surface area (Å²) in [5.74, 6) is -0.0752. The first-order chi connectivity index (χ1) is 11.2. The molecule has 1 amide bonds. The van der Waals surface area contributed by atoms with E-state index in [1.807, 2.05) is 12.1 Å². The van der Waals surface area contributed by atoms with E-state index in [-0.39, 0.29) is 5.91 Å². The second-order valence-corrected chi connectivity index (χ2v) is 6.08. The first-order valence-corrected chi connectivity index (χ1v) is 8.96. The van der Waals surface area contributed by atoms with E-state index in [9.17, 15) is 4.79 Å². The first-order valence-electron chi connectivity index (χ1n) is 8.96. The number of likely N-dealkylation sites (N-methyl/N-ethyl adjacent to an activating group) is 1. The van der Waals surface area contributed by atoms with Crippen molar-refractivity contribution in [2.75, 3.05) is 44.2 Å². The van der Waals surface area contributed by atoms with E-state index in [1.54, 1.807) is 6.20 Å². The van der Waals surface area contributed by atoms with Gasteiger partial charge in [0.1, 0.15) is 5.69 Å². The number of anilines is 1. The second kappa shape index (κ2) is 9.50.